The Balaban J connectivity index is 1.13. The zero-order valence-corrected chi connectivity index (χ0v) is 26.3. The number of hydrogen-bond acceptors (Lipinski definition) is 0. The molecule has 220 valence electrons. The first-order valence-electron chi connectivity index (χ1n) is 16.8. The Kier molecular flexibility index (Phi) is 5.36. The van der Waals surface area contributed by atoms with Crippen molar-refractivity contribution in [2.75, 3.05) is 0 Å². The normalized spacial score (nSPS) is 20.5. The largest absolute Gasteiger partial charge is 0.309 e. The van der Waals surface area contributed by atoms with E-state index in [1.807, 2.05) is 0 Å². The maximum Gasteiger partial charge on any atom is 0.0541 e. The zero-order chi connectivity index (χ0) is 30.6. The van der Waals surface area contributed by atoms with Gasteiger partial charge in [0.05, 0.1) is 11.0 Å². The van der Waals surface area contributed by atoms with E-state index in [4.69, 9.17) is 0 Å². The number of aromatic nitrogens is 1. The van der Waals surface area contributed by atoms with E-state index in [1.165, 1.54) is 76.9 Å². The summed E-state index contributed by atoms with van der Waals surface area (Å²) in [7, 11) is 0. The minimum Gasteiger partial charge on any atom is -0.309 e. The van der Waals surface area contributed by atoms with E-state index in [0.717, 1.165) is 12.8 Å². The van der Waals surface area contributed by atoms with Crippen LogP contribution in [0.3, 0.4) is 0 Å². The third kappa shape index (κ3) is 3.52. The first-order valence-corrected chi connectivity index (χ1v) is 16.8. The molecular formula is C45H35N. The predicted octanol–water partition coefficient (Wildman–Crippen LogP) is 9.66. The summed E-state index contributed by atoms with van der Waals surface area (Å²) >= 11 is 0. The quantitative estimate of drug-likeness (QED) is 0.177. The number of allylic oxidation sites excluding steroid dienone is 6. The molecule has 1 heteroatoms. The smallest absolute Gasteiger partial charge is 0.0541 e. The molecule has 5 aromatic carbocycles. The Morgan fingerprint density at radius 2 is 1.39 bits per heavy atom. The summed E-state index contributed by atoms with van der Waals surface area (Å²) in [5.74, 6) is 0.825. The van der Waals surface area contributed by atoms with Crippen molar-refractivity contribution in [2.24, 2.45) is 11.8 Å². The standard InChI is InChI=1S/C45H35N/c1-45(2)41-23-22-29(28-12-11-13-30(24-28)46-43-20-9-7-18-35(43)36-19-8-10-21-44(36)46)25-39(41)40-26-37-33-16-5-3-14-31(33)32-15-4-6-17-34(32)38(37)27-42(40)45/h4-13,15-27,33,37H,3,14H2,1-2H3/t33?,37-/m1/s1. The SMILES string of the molecule is CC1(C)C2=CC3=c4ccccc4=C4CCC=CC4[C@H]3C=C2c2cc(-c3cccc(-n4c5ccccc5c5ccccc54)c3)ccc21. The topological polar surface area (TPSA) is 4.93 Å². The van der Waals surface area contributed by atoms with Crippen LogP contribution in [0.1, 0.15) is 37.8 Å². The second kappa shape index (κ2) is 9.44. The lowest BCUT2D eigenvalue weighted by Crippen LogP contribution is -2.40. The van der Waals surface area contributed by atoms with Gasteiger partial charge in [0.2, 0.25) is 0 Å². The number of nitrogens with zero attached hydrogens (tertiary/aromatic N) is 1. The van der Waals surface area contributed by atoms with Crippen LogP contribution in [0.2, 0.25) is 0 Å². The number of rotatable bonds is 2. The van der Waals surface area contributed by atoms with E-state index in [9.17, 15) is 0 Å². The van der Waals surface area contributed by atoms with E-state index in [1.54, 1.807) is 5.57 Å². The first kappa shape index (κ1) is 26.1. The molecule has 0 amide bonds. The van der Waals surface area contributed by atoms with Crippen molar-refractivity contribution in [3.8, 4) is 16.8 Å². The Hall–Kier alpha value is -5.14. The van der Waals surface area contributed by atoms with Gasteiger partial charge in [0.15, 0.2) is 0 Å². The van der Waals surface area contributed by atoms with Crippen LogP contribution in [0.5, 0.6) is 0 Å². The van der Waals surface area contributed by atoms with Crippen LogP contribution in [-0.2, 0) is 5.41 Å². The van der Waals surface area contributed by atoms with Crippen LogP contribution >= 0.6 is 0 Å². The number of fused-ring (bicyclic) bond motifs is 10. The summed E-state index contributed by atoms with van der Waals surface area (Å²) < 4.78 is 2.42. The van der Waals surface area contributed by atoms with E-state index < -0.39 is 0 Å². The van der Waals surface area contributed by atoms with Crippen molar-refractivity contribution in [2.45, 2.75) is 32.1 Å². The fraction of sp³-hybridized carbons (Fsp3) is 0.156. The molecule has 1 unspecified atom stereocenters. The van der Waals surface area contributed by atoms with Crippen molar-refractivity contribution in [1.82, 2.24) is 4.57 Å². The summed E-state index contributed by atoms with van der Waals surface area (Å²) in [5.41, 5.74) is 15.0. The van der Waals surface area contributed by atoms with Gasteiger partial charge in [-0.25, -0.2) is 0 Å². The lowest BCUT2D eigenvalue weighted by Gasteiger charge is -2.36. The summed E-state index contributed by atoms with van der Waals surface area (Å²) in [6, 6.07) is 43.0. The molecule has 1 heterocycles. The van der Waals surface area contributed by atoms with Crippen molar-refractivity contribution >= 4 is 38.5 Å². The highest BCUT2D eigenvalue weighted by atomic mass is 15.0. The Bertz CT molecular complexity index is 2460. The Morgan fingerprint density at radius 1 is 0.674 bits per heavy atom. The third-order valence-electron chi connectivity index (χ3n) is 11.3. The Labute approximate surface area is 269 Å². The van der Waals surface area contributed by atoms with Crippen molar-refractivity contribution in [1.29, 1.82) is 0 Å². The molecule has 10 rings (SSSR count). The van der Waals surface area contributed by atoms with Gasteiger partial charge in [-0.1, -0.05) is 129 Å². The molecule has 0 bridgehead atoms. The van der Waals surface area contributed by atoms with Crippen molar-refractivity contribution < 1.29 is 0 Å². The van der Waals surface area contributed by atoms with Gasteiger partial charge < -0.3 is 4.57 Å². The van der Waals surface area contributed by atoms with E-state index in [0.29, 0.717) is 11.8 Å². The Morgan fingerprint density at radius 3 is 2.20 bits per heavy atom. The van der Waals surface area contributed by atoms with Crippen LogP contribution in [0.15, 0.2) is 145 Å². The molecule has 0 saturated carbocycles. The lowest BCUT2D eigenvalue weighted by molar-refractivity contribution is 0.635. The van der Waals surface area contributed by atoms with Gasteiger partial charge in [-0.3, -0.25) is 0 Å². The summed E-state index contributed by atoms with van der Waals surface area (Å²) in [5, 5.41) is 5.49. The highest BCUT2D eigenvalue weighted by Crippen LogP contribution is 2.55. The van der Waals surface area contributed by atoms with Gasteiger partial charge in [-0.2, -0.15) is 0 Å². The molecule has 0 spiro atoms. The highest BCUT2D eigenvalue weighted by Gasteiger charge is 2.42. The summed E-state index contributed by atoms with van der Waals surface area (Å²) in [4.78, 5) is 0. The third-order valence-corrected chi connectivity index (χ3v) is 11.3. The molecular weight excluding hydrogens is 555 g/mol. The molecule has 6 aromatic rings. The molecule has 46 heavy (non-hydrogen) atoms. The molecule has 0 fully saturated rings. The first-order chi connectivity index (χ1) is 22.6. The minimum absolute atomic E-state index is 0.0518. The van der Waals surface area contributed by atoms with Gasteiger partial charge in [-0.05, 0) is 92.6 Å². The highest BCUT2D eigenvalue weighted by molar-refractivity contribution is 6.09. The zero-order valence-electron chi connectivity index (χ0n) is 26.3. The molecule has 1 nitrogen and oxygen atoms in total. The minimum atomic E-state index is -0.0518. The second-order valence-electron chi connectivity index (χ2n) is 14.0. The van der Waals surface area contributed by atoms with Gasteiger partial charge in [0, 0.05) is 33.7 Å². The number of hydrogen-bond donors (Lipinski definition) is 0. The average Bonchev–Trinajstić information content (AvgIpc) is 3.56. The monoisotopic (exact) mass is 589 g/mol. The van der Waals surface area contributed by atoms with Gasteiger partial charge in [0.1, 0.15) is 0 Å². The molecule has 1 aromatic heterocycles. The maximum absolute atomic E-state index is 2.63. The summed E-state index contributed by atoms with van der Waals surface area (Å²) in [6.45, 7) is 4.82. The van der Waals surface area contributed by atoms with Crippen LogP contribution in [0, 0.1) is 11.8 Å². The fourth-order valence-electron chi connectivity index (χ4n) is 9.09. The lowest BCUT2D eigenvalue weighted by atomic mass is 9.68. The van der Waals surface area contributed by atoms with Crippen LogP contribution in [-0.4, -0.2) is 4.57 Å². The maximum atomic E-state index is 2.63. The molecule has 4 aliphatic carbocycles. The molecule has 0 saturated heterocycles. The molecule has 2 atom stereocenters. The second-order valence-corrected chi connectivity index (χ2v) is 14.0. The number of benzene rings is 5. The van der Waals surface area contributed by atoms with E-state index in [2.05, 4.69) is 158 Å². The van der Waals surface area contributed by atoms with Gasteiger partial charge in [0.25, 0.3) is 0 Å². The molecule has 4 aliphatic rings. The van der Waals surface area contributed by atoms with Gasteiger partial charge in [-0.15, -0.1) is 0 Å². The van der Waals surface area contributed by atoms with Crippen LogP contribution in [0.4, 0.5) is 0 Å². The fourth-order valence-corrected chi connectivity index (χ4v) is 9.09. The summed E-state index contributed by atoms with van der Waals surface area (Å²) in [6.07, 6.45) is 12.4. The van der Waals surface area contributed by atoms with Crippen LogP contribution < -0.4 is 10.4 Å². The average molecular weight is 590 g/mol. The van der Waals surface area contributed by atoms with Crippen molar-refractivity contribution in [3.63, 3.8) is 0 Å². The van der Waals surface area contributed by atoms with Crippen molar-refractivity contribution in [3.05, 3.63) is 167 Å². The molecule has 0 radical (unpaired) electrons. The predicted molar refractivity (Wildman–Crippen MR) is 193 cm³/mol. The van der Waals surface area contributed by atoms with E-state index in [-0.39, 0.29) is 5.41 Å². The van der Waals surface area contributed by atoms with E-state index >= 15 is 0 Å². The number of para-hydroxylation sites is 2. The van der Waals surface area contributed by atoms with Crippen LogP contribution in [0.25, 0.3) is 55.3 Å². The molecule has 0 aliphatic heterocycles. The van der Waals surface area contributed by atoms with Gasteiger partial charge >= 0.3 is 0 Å². The molecule has 0 N–H and O–H groups in total.